The molecule has 0 bridgehead atoms. The van der Waals surface area contributed by atoms with Gasteiger partial charge in [0.2, 0.25) is 0 Å². The smallest absolute Gasteiger partial charge is 0.332 e. The maximum atomic E-state index is 14.1. The number of hydrogen-bond acceptors (Lipinski definition) is 7. The lowest BCUT2D eigenvalue weighted by atomic mass is 9.91. The van der Waals surface area contributed by atoms with Gasteiger partial charge in [0.1, 0.15) is 33.5 Å². The topological polar surface area (TPSA) is 108 Å². The molecule has 4 aromatic rings. The Labute approximate surface area is 229 Å². The third-order valence-corrected chi connectivity index (χ3v) is 8.02. The van der Waals surface area contributed by atoms with Gasteiger partial charge >= 0.3 is 5.69 Å². The molecule has 1 aromatic carbocycles. The van der Waals surface area contributed by atoms with Crippen LogP contribution in [0.3, 0.4) is 0 Å². The largest absolute Gasteiger partial charge is 0.491 e. The van der Waals surface area contributed by atoms with Crippen molar-refractivity contribution in [2.75, 3.05) is 13.2 Å². The summed E-state index contributed by atoms with van der Waals surface area (Å²) in [5.41, 5.74) is -1.37. The van der Waals surface area contributed by atoms with Crippen molar-refractivity contribution >= 4 is 27.3 Å². The molecular formula is C28H33FN4O5S. The van der Waals surface area contributed by atoms with Crippen LogP contribution >= 0.6 is 11.3 Å². The molecule has 0 saturated heterocycles. The van der Waals surface area contributed by atoms with Crippen LogP contribution in [0, 0.1) is 18.7 Å². The molecule has 0 aliphatic carbocycles. The molecule has 0 unspecified atom stereocenters. The second-order valence-corrected chi connectivity index (χ2v) is 11.4. The Morgan fingerprint density at radius 2 is 2.00 bits per heavy atom. The van der Waals surface area contributed by atoms with Gasteiger partial charge in [-0.2, -0.15) is 5.10 Å². The number of rotatable bonds is 11. The first-order valence-corrected chi connectivity index (χ1v) is 13.6. The van der Waals surface area contributed by atoms with Crippen molar-refractivity contribution in [2.24, 2.45) is 5.92 Å². The Hall–Kier alpha value is -3.57. The Bertz CT molecular complexity index is 1620. The monoisotopic (exact) mass is 556 g/mol. The van der Waals surface area contributed by atoms with E-state index in [0.29, 0.717) is 32.1 Å². The fourth-order valence-electron chi connectivity index (χ4n) is 4.65. The molecule has 0 fully saturated rings. The second kappa shape index (κ2) is 11.3. The van der Waals surface area contributed by atoms with Crippen LogP contribution in [0.5, 0.6) is 5.75 Å². The van der Waals surface area contributed by atoms with Gasteiger partial charge in [-0.15, -0.1) is 0 Å². The first kappa shape index (κ1) is 28.4. The molecule has 4 rings (SSSR count). The lowest BCUT2D eigenvalue weighted by Crippen LogP contribution is -2.52. The Morgan fingerprint density at radius 3 is 2.64 bits per heavy atom. The average Bonchev–Trinajstić information content (AvgIpc) is 3.51. The first-order chi connectivity index (χ1) is 18.5. The summed E-state index contributed by atoms with van der Waals surface area (Å²) in [6.45, 7) is 8.75. The lowest BCUT2D eigenvalue weighted by Gasteiger charge is -2.27. The number of aliphatic hydroxyl groups is 1. The molecule has 39 heavy (non-hydrogen) atoms. The first-order valence-electron chi connectivity index (χ1n) is 12.8. The van der Waals surface area contributed by atoms with Gasteiger partial charge in [-0.05, 0) is 62.9 Å². The van der Waals surface area contributed by atoms with E-state index in [1.807, 2.05) is 13.8 Å². The number of aliphatic hydroxyl groups excluding tert-OH is 1. The van der Waals surface area contributed by atoms with Crippen LogP contribution in [0.4, 0.5) is 4.39 Å². The van der Waals surface area contributed by atoms with E-state index >= 15 is 0 Å². The van der Waals surface area contributed by atoms with Gasteiger partial charge in [-0.3, -0.25) is 14.2 Å². The van der Waals surface area contributed by atoms with E-state index in [1.54, 1.807) is 43.9 Å². The van der Waals surface area contributed by atoms with Crippen molar-refractivity contribution in [3.8, 4) is 10.8 Å². The van der Waals surface area contributed by atoms with Crippen LogP contribution in [-0.2, 0) is 23.3 Å². The molecule has 3 aromatic heterocycles. The van der Waals surface area contributed by atoms with Crippen LogP contribution in [0.15, 0.2) is 46.2 Å². The van der Waals surface area contributed by atoms with Crippen LogP contribution in [0.25, 0.3) is 15.2 Å². The average molecular weight is 557 g/mol. The van der Waals surface area contributed by atoms with Crippen molar-refractivity contribution in [3.05, 3.63) is 74.4 Å². The minimum atomic E-state index is -1.39. The molecule has 3 heterocycles. The van der Waals surface area contributed by atoms with E-state index in [4.69, 9.17) is 9.84 Å². The minimum absolute atomic E-state index is 0.0389. The van der Waals surface area contributed by atoms with Gasteiger partial charge in [-0.25, -0.2) is 18.4 Å². The normalized spacial score (nSPS) is 12.0. The number of thiophene rings is 1. The van der Waals surface area contributed by atoms with E-state index in [1.165, 1.54) is 34.1 Å². The molecule has 11 heteroatoms. The highest BCUT2D eigenvalue weighted by molar-refractivity contribution is 7.21. The van der Waals surface area contributed by atoms with Crippen molar-refractivity contribution in [2.45, 2.75) is 59.5 Å². The summed E-state index contributed by atoms with van der Waals surface area (Å²) in [6, 6.07) is 5.84. The summed E-state index contributed by atoms with van der Waals surface area (Å²) in [6.07, 6.45) is 3.81. The number of Topliss-reactive ketones (excluding diaryl/α,β-unsaturated/α-hetero) is 1. The van der Waals surface area contributed by atoms with Gasteiger partial charge in [0.05, 0.1) is 12.0 Å². The Balaban J connectivity index is 1.93. The summed E-state index contributed by atoms with van der Waals surface area (Å²) in [5.74, 6) is -0.224. The van der Waals surface area contributed by atoms with E-state index < -0.39 is 22.6 Å². The molecule has 0 saturated carbocycles. The fraction of sp³-hybridized carbons (Fsp3) is 0.429. The van der Waals surface area contributed by atoms with Crippen LogP contribution < -0.4 is 16.0 Å². The molecule has 0 radical (unpaired) electrons. The van der Waals surface area contributed by atoms with Crippen LogP contribution in [-0.4, -0.2) is 43.0 Å². The van der Waals surface area contributed by atoms with Crippen LogP contribution in [0.1, 0.15) is 45.2 Å². The minimum Gasteiger partial charge on any atom is -0.491 e. The third-order valence-electron chi connectivity index (χ3n) is 6.71. The zero-order chi connectivity index (χ0) is 28.5. The predicted octanol–water partition coefficient (Wildman–Crippen LogP) is 3.82. The van der Waals surface area contributed by atoms with Crippen molar-refractivity contribution in [1.29, 1.82) is 0 Å². The van der Waals surface area contributed by atoms with Crippen LogP contribution in [0.2, 0.25) is 0 Å². The highest BCUT2D eigenvalue weighted by Crippen LogP contribution is 2.32. The van der Waals surface area contributed by atoms with E-state index in [9.17, 15) is 18.8 Å². The Kier molecular flexibility index (Phi) is 8.22. The maximum Gasteiger partial charge on any atom is 0.332 e. The highest BCUT2D eigenvalue weighted by Gasteiger charge is 2.35. The lowest BCUT2D eigenvalue weighted by molar-refractivity contribution is -0.127. The van der Waals surface area contributed by atoms with E-state index in [0.717, 1.165) is 4.57 Å². The van der Waals surface area contributed by atoms with Gasteiger partial charge in [0, 0.05) is 30.9 Å². The third kappa shape index (κ3) is 5.46. The number of aryl methyl sites for hydroxylation is 3. The Morgan fingerprint density at radius 1 is 1.26 bits per heavy atom. The quantitative estimate of drug-likeness (QED) is 0.301. The number of ketones is 1. The van der Waals surface area contributed by atoms with Gasteiger partial charge in [0.15, 0.2) is 5.78 Å². The zero-order valence-corrected chi connectivity index (χ0v) is 23.5. The summed E-state index contributed by atoms with van der Waals surface area (Å²) in [4.78, 5) is 41.6. The number of halogens is 1. The molecule has 0 atom stereocenters. The number of nitrogens with zero attached hydrogens (tertiary/aromatic N) is 4. The molecular weight excluding hydrogens is 523 g/mol. The summed E-state index contributed by atoms with van der Waals surface area (Å²) < 4.78 is 23.9. The highest BCUT2D eigenvalue weighted by atomic mass is 32.1. The molecule has 0 aliphatic heterocycles. The molecule has 0 amide bonds. The second-order valence-electron chi connectivity index (χ2n) is 10.4. The van der Waals surface area contributed by atoms with Crippen molar-refractivity contribution in [1.82, 2.24) is 18.9 Å². The number of carbonyl (C=O) groups excluding carboxylic acids is 1. The van der Waals surface area contributed by atoms with Gasteiger partial charge in [0.25, 0.3) is 5.56 Å². The fourth-order valence-corrected chi connectivity index (χ4v) is 5.91. The molecule has 0 spiro atoms. The summed E-state index contributed by atoms with van der Waals surface area (Å²) in [5, 5.41) is 14.5. The zero-order valence-electron chi connectivity index (χ0n) is 22.7. The molecule has 9 nitrogen and oxygen atoms in total. The number of carbonyl (C=O) groups is 1. The molecule has 208 valence electrons. The van der Waals surface area contributed by atoms with Crippen molar-refractivity contribution < 1.29 is 19.0 Å². The number of ether oxygens (including phenoxy) is 1. The van der Waals surface area contributed by atoms with Gasteiger partial charge < -0.3 is 9.84 Å². The summed E-state index contributed by atoms with van der Waals surface area (Å²) >= 11 is 1.26. The van der Waals surface area contributed by atoms with Crippen molar-refractivity contribution in [3.63, 3.8) is 0 Å². The number of benzene rings is 1. The number of fused-ring (bicyclic) bond motifs is 1. The van der Waals surface area contributed by atoms with Gasteiger partial charge in [-0.1, -0.05) is 25.2 Å². The van der Waals surface area contributed by atoms with E-state index in [-0.39, 0.29) is 44.3 Å². The number of aromatic nitrogens is 4. The standard InChI is InChI=1S/C28H33FN4O5S/c1-17(2)15-22(35)28(4,5)33-24(36)23-18(3)25(32-11-6-10-30-32)39-26(23)31(27(33)37)12-9-19-16-20(29)7-8-21(19)38-14-13-34/h6-8,10-11,16-17,34H,9,12-15H2,1-5H3. The SMILES string of the molecule is Cc1c(-n2cccn2)sc2c1c(=O)n(C(C)(C)C(=O)CC(C)C)c(=O)n2CCc1cc(F)ccc1OCCO. The summed E-state index contributed by atoms with van der Waals surface area (Å²) in [7, 11) is 0. The molecule has 1 N–H and O–H groups in total. The van der Waals surface area contributed by atoms with E-state index in [2.05, 4.69) is 5.10 Å². The maximum absolute atomic E-state index is 14.1. The number of hydrogen-bond donors (Lipinski definition) is 1. The molecule has 0 aliphatic rings. The predicted molar refractivity (Wildman–Crippen MR) is 149 cm³/mol.